The van der Waals surface area contributed by atoms with E-state index < -0.39 is 0 Å². The zero-order valence-electron chi connectivity index (χ0n) is 16.0. The molecule has 2 fully saturated rings. The fourth-order valence-corrected chi connectivity index (χ4v) is 3.84. The smallest absolute Gasteiger partial charge is 0.321 e. The molecule has 0 atom stereocenters. The third-order valence-electron chi connectivity index (χ3n) is 5.56. The third kappa shape index (κ3) is 4.89. The van der Waals surface area contributed by atoms with E-state index in [1.807, 2.05) is 36.1 Å². The lowest BCUT2D eigenvalue weighted by Crippen LogP contribution is -2.41. The van der Waals surface area contributed by atoms with Crippen LogP contribution >= 0.6 is 0 Å². The summed E-state index contributed by atoms with van der Waals surface area (Å²) in [5, 5.41) is 3.02. The van der Waals surface area contributed by atoms with Gasteiger partial charge in [0.05, 0.1) is 6.61 Å². The van der Waals surface area contributed by atoms with Gasteiger partial charge in [-0.1, -0.05) is 6.07 Å². The van der Waals surface area contributed by atoms with Crippen molar-refractivity contribution >= 4 is 11.7 Å². The molecule has 0 aliphatic carbocycles. The van der Waals surface area contributed by atoms with E-state index in [4.69, 9.17) is 9.47 Å². The molecular formula is C20H31N3O3. The molecule has 0 unspecified atom stereocenters. The second-order valence-electron chi connectivity index (χ2n) is 7.48. The van der Waals surface area contributed by atoms with Crippen molar-refractivity contribution in [2.75, 3.05) is 58.4 Å². The van der Waals surface area contributed by atoms with Crippen LogP contribution in [0, 0.1) is 5.41 Å². The minimum atomic E-state index is -0.00716. The molecule has 2 heterocycles. The molecule has 2 aliphatic heterocycles. The monoisotopic (exact) mass is 361 g/mol. The Kier molecular flexibility index (Phi) is 6.38. The maximum Gasteiger partial charge on any atom is 0.321 e. The van der Waals surface area contributed by atoms with E-state index in [-0.39, 0.29) is 6.03 Å². The Morgan fingerprint density at radius 1 is 1.19 bits per heavy atom. The summed E-state index contributed by atoms with van der Waals surface area (Å²) in [5.74, 6) is 0.746. The van der Waals surface area contributed by atoms with Gasteiger partial charge in [-0.05, 0) is 63.9 Å². The zero-order chi connectivity index (χ0) is 18.4. The number of likely N-dealkylation sites (tertiary alicyclic amines) is 2. The molecule has 144 valence electrons. The molecule has 3 rings (SSSR count). The topological polar surface area (TPSA) is 54.0 Å². The van der Waals surface area contributed by atoms with Gasteiger partial charge in [0, 0.05) is 31.5 Å². The first-order valence-corrected chi connectivity index (χ1v) is 9.65. The Morgan fingerprint density at radius 2 is 1.96 bits per heavy atom. The van der Waals surface area contributed by atoms with Crippen molar-refractivity contribution in [3.63, 3.8) is 0 Å². The molecule has 26 heavy (non-hydrogen) atoms. The molecule has 0 aromatic heterocycles. The van der Waals surface area contributed by atoms with E-state index in [1.54, 1.807) is 0 Å². The van der Waals surface area contributed by atoms with Gasteiger partial charge in [0.2, 0.25) is 0 Å². The first-order valence-electron chi connectivity index (χ1n) is 9.65. The van der Waals surface area contributed by atoms with Gasteiger partial charge in [-0.15, -0.1) is 0 Å². The number of benzene rings is 1. The Balaban J connectivity index is 1.50. The number of piperidine rings is 1. The average Bonchev–Trinajstić information content (AvgIpc) is 3.06. The standard InChI is InChI=1S/C20H31N3O3/c1-3-25-13-14-26-18-6-4-5-17(15-18)21-19(24)23-12-9-20(16-23)7-10-22(2)11-8-20/h4-6,15H,3,7-14,16H2,1-2H3,(H,21,24). The lowest BCUT2D eigenvalue weighted by molar-refractivity contribution is 0.110. The Morgan fingerprint density at radius 3 is 2.73 bits per heavy atom. The summed E-state index contributed by atoms with van der Waals surface area (Å²) >= 11 is 0. The van der Waals surface area contributed by atoms with Gasteiger partial charge in [0.25, 0.3) is 0 Å². The molecule has 2 aliphatic rings. The number of carbonyl (C=O) groups is 1. The lowest BCUT2D eigenvalue weighted by Gasteiger charge is -2.37. The third-order valence-corrected chi connectivity index (χ3v) is 5.56. The normalized spacial score (nSPS) is 19.7. The number of carbonyl (C=O) groups excluding carboxylic acids is 1. The van der Waals surface area contributed by atoms with Crippen molar-refractivity contribution in [1.29, 1.82) is 0 Å². The second-order valence-corrected chi connectivity index (χ2v) is 7.48. The molecule has 1 spiro atoms. The van der Waals surface area contributed by atoms with Crippen LogP contribution in [0.25, 0.3) is 0 Å². The number of hydrogen-bond donors (Lipinski definition) is 1. The number of ether oxygens (including phenoxy) is 2. The van der Waals surface area contributed by atoms with E-state index in [9.17, 15) is 4.79 Å². The van der Waals surface area contributed by atoms with E-state index in [1.165, 1.54) is 12.8 Å². The lowest BCUT2D eigenvalue weighted by atomic mass is 9.78. The van der Waals surface area contributed by atoms with Crippen molar-refractivity contribution in [3.05, 3.63) is 24.3 Å². The number of urea groups is 1. The molecule has 1 aromatic carbocycles. The van der Waals surface area contributed by atoms with Crippen LogP contribution in [0.2, 0.25) is 0 Å². The molecule has 1 N–H and O–H groups in total. The molecule has 6 heteroatoms. The second kappa shape index (κ2) is 8.73. The van der Waals surface area contributed by atoms with E-state index in [0.717, 1.165) is 44.0 Å². The Labute approximate surface area is 156 Å². The van der Waals surface area contributed by atoms with Crippen molar-refractivity contribution in [1.82, 2.24) is 9.80 Å². The Hall–Kier alpha value is -1.79. The van der Waals surface area contributed by atoms with E-state index >= 15 is 0 Å². The number of nitrogens with one attached hydrogen (secondary N) is 1. The average molecular weight is 361 g/mol. The maximum absolute atomic E-state index is 12.7. The quantitative estimate of drug-likeness (QED) is 0.791. The molecule has 2 amide bonds. The largest absolute Gasteiger partial charge is 0.491 e. The van der Waals surface area contributed by atoms with Crippen LogP contribution in [0.4, 0.5) is 10.5 Å². The van der Waals surface area contributed by atoms with Gasteiger partial charge >= 0.3 is 6.03 Å². The number of rotatable bonds is 6. The molecule has 6 nitrogen and oxygen atoms in total. The minimum Gasteiger partial charge on any atom is -0.491 e. The summed E-state index contributed by atoms with van der Waals surface area (Å²) < 4.78 is 10.9. The number of nitrogens with zero attached hydrogens (tertiary/aromatic N) is 2. The SMILES string of the molecule is CCOCCOc1cccc(NC(=O)N2CCC3(CCN(C)CC3)C2)c1. The fourth-order valence-electron chi connectivity index (χ4n) is 3.84. The van der Waals surface area contributed by atoms with E-state index in [0.29, 0.717) is 25.2 Å². The first-order chi connectivity index (χ1) is 12.6. The molecule has 0 bridgehead atoms. The van der Waals surface area contributed by atoms with Crippen molar-refractivity contribution in [2.24, 2.45) is 5.41 Å². The Bertz CT molecular complexity index is 600. The highest BCUT2D eigenvalue weighted by molar-refractivity contribution is 5.89. The van der Waals surface area contributed by atoms with Crippen LogP contribution in [-0.4, -0.2) is 68.9 Å². The first kappa shape index (κ1) is 19.0. The molecule has 1 aromatic rings. The number of hydrogen-bond acceptors (Lipinski definition) is 4. The minimum absolute atomic E-state index is 0.00716. The van der Waals surface area contributed by atoms with Crippen LogP contribution in [0.5, 0.6) is 5.75 Å². The zero-order valence-corrected chi connectivity index (χ0v) is 16.0. The summed E-state index contributed by atoms with van der Waals surface area (Å²) in [4.78, 5) is 17.0. The van der Waals surface area contributed by atoms with Gasteiger partial charge in [-0.25, -0.2) is 4.79 Å². The van der Waals surface area contributed by atoms with Gasteiger partial charge in [-0.3, -0.25) is 0 Å². The van der Waals surface area contributed by atoms with Gasteiger partial charge in [0.15, 0.2) is 0 Å². The predicted octanol–water partition coefficient (Wildman–Crippen LogP) is 3.05. The summed E-state index contributed by atoms with van der Waals surface area (Å²) in [6.07, 6.45) is 3.50. The fraction of sp³-hybridized carbons (Fsp3) is 0.650. The molecular weight excluding hydrogens is 330 g/mol. The van der Waals surface area contributed by atoms with Crippen molar-refractivity contribution in [3.8, 4) is 5.75 Å². The van der Waals surface area contributed by atoms with Gasteiger partial charge < -0.3 is 24.6 Å². The summed E-state index contributed by atoms with van der Waals surface area (Å²) in [5.41, 5.74) is 1.10. The van der Waals surface area contributed by atoms with Gasteiger partial charge in [-0.2, -0.15) is 0 Å². The molecule has 0 saturated carbocycles. The van der Waals surface area contributed by atoms with E-state index in [2.05, 4.69) is 17.3 Å². The highest BCUT2D eigenvalue weighted by Gasteiger charge is 2.41. The number of anilines is 1. The predicted molar refractivity (Wildman–Crippen MR) is 103 cm³/mol. The summed E-state index contributed by atoms with van der Waals surface area (Å²) in [6, 6.07) is 7.55. The van der Waals surface area contributed by atoms with Crippen LogP contribution in [0.3, 0.4) is 0 Å². The van der Waals surface area contributed by atoms with Crippen molar-refractivity contribution in [2.45, 2.75) is 26.2 Å². The van der Waals surface area contributed by atoms with Crippen LogP contribution in [0.1, 0.15) is 26.2 Å². The molecule has 0 radical (unpaired) electrons. The number of amides is 2. The highest BCUT2D eigenvalue weighted by atomic mass is 16.5. The van der Waals surface area contributed by atoms with Crippen LogP contribution < -0.4 is 10.1 Å². The molecule has 2 saturated heterocycles. The van der Waals surface area contributed by atoms with Crippen LogP contribution in [-0.2, 0) is 4.74 Å². The summed E-state index contributed by atoms with van der Waals surface area (Å²) in [7, 11) is 2.18. The highest BCUT2D eigenvalue weighted by Crippen LogP contribution is 2.40. The van der Waals surface area contributed by atoms with Crippen molar-refractivity contribution < 1.29 is 14.3 Å². The summed E-state index contributed by atoms with van der Waals surface area (Å²) in [6.45, 7) is 7.72. The van der Waals surface area contributed by atoms with Crippen LogP contribution in [0.15, 0.2) is 24.3 Å². The van der Waals surface area contributed by atoms with Gasteiger partial charge in [0.1, 0.15) is 12.4 Å². The maximum atomic E-state index is 12.7.